The Balaban J connectivity index is 1.97. The molecule has 3 rings (SSSR count). The molecule has 1 atom stereocenters. The summed E-state index contributed by atoms with van der Waals surface area (Å²) in [5.74, 6) is 3.13. The summed E-state index contributed by atoms with van der Waals surface area (Å²) < 4.78 is 2.17. The zero-order chi connectivity index (χ0) is 15.7. The lowest BCUT2D eigenvalue weighted by molar-refractivity contribution is -0.138. The summed E-state index contributed by atoms with van der Waals surface area (Å²) in [6.07, 6.45) is 3.02. The van der Waals surface area contributed by atoms with Crippen molar-refractivity contribution in [1.29, 1.82) is 0 Å². The van der Waals surface area contributed by atoms with Gasteiger partial charge < -0.3 is 14.8 Å². The summed E-state index contributed by atoms with van der Waals surface area (Å²) in [5.41, 5.74) is 0. The smallest absolute Gasteiger partial charge is 0.246 e. The Morgan fingerprint density at radius 3 is 2.64 bits per heavy atom. The summed E-state index contributed by atoms with van der Waals surface area (Å²) in [7, 11) is 0. The fourth-order valence-electron chi connectivity index (χ4n) is 3.63. The second-order valence-electron chi connectivity index (χ2n) is 6.87. The van der Waals surface area contributed by atoms with Crippen LogP contribution in [0.2, 0.25) is 0 Å². The summed E-state index contributed by atoms with van der Waals surface area (Å²) in [6, 6.07) is -0.122. The number of hydrogen-bond acceptors (Lipinski definition) is 4. The predicted molar refractivity (Wildman–Crippen MR) is 84.4 cm³/mol. The van der Waals surface area contributed by atoms with Gasteiger partial charge in [0, 0.05) is 12.5 Å². The van der Waals surface area contributed by atoms with E-state index in [0.717, 1.165) is 50.5 Å². The molecule has 0 bridgehead atoms. The van der Waals surface area contributed by atoms with E-state index in [4.69, 9.17) is 0 Å². The van der Waals surface area contributed by atoms with Gasteiger partial charge in [-0.05, 0) is 45.2 Å². The van der Waals surface area contributed by atoms with Gasteiger partial charge in [-0.2, -0.15) is 0 Å². The predicted octanol–water partition coefficient (Wildman–Crippen LogP) is 1.69. The first-order valence-electron chi connectivity index (χ1n) is 8.55. The lowest BCUT2D eigenvalue weighted by Crippen LogP contribution is -2.44. The van der Waals surface area contributed by atoms with Gasteiger partial charge in [0.05, 0.1) is 6.54 Å². The van der Waals surface area contributed by atoms with Gasteiger partial charge in [0.15, 0.2) is 5.82 Å². The molecule has 1 aromatic rings. The van der Waals surface area contributed by atoms with Crippen molar-refractivity contribution in [3.63, 3.8) is 0 Å². The Morgan fingerprint density at radius 1 is 1.27 bits per heavy atom. The Morgan fingerprint density at radius 2 is 2.00 bits per heavy atom. The molecule has 122 valence electrons. The van der Waals surface area contributed by atoms with Crippen LogP contribution < -0.4 is 5.32 Å². The molecule has 6 heteroatoms. The van der Waals surface area contributed by atoms with Gasteiger partial charge in [0.25, 0.3) is 0 Å². The van der Waals surface area contributed by atoms with E-state index in [1.807, 2.05) is 11.8 Å². The van der Waals surface area contributed by atoms with E-state index in [9.17, 15) is 4.79 Å². The highest BCUT2D eigenvalue weighted by Crippen LogP contribution is 2.33. The number of amides is 1. The minimum atomic E-state index is -0.122. The van der Waals surface area contributed by atoms with Crippen LogP contribution in [0, 0.1) is 5.92 Å². The van der Waals surface area contributed by atoms with Crippen LogP contribution in [0.25, 0.3) is 0 Å². The van der Waals surface area contributed by atoms with Crippen LogP contribution in [-0.2, 0) is 11.3 Å². The van der Waals surface area contributed by atoms with Crippen molar-refractivity contribution in [2.75, 3.05) is 19.6 Å². The van der Waals surface area contributed by atoms with E-state index < -0.39 is 0 Å². The normalized spacial score (nSPS) is 23.2. The first-order valence-corrected chi connectivity index (χ1v) is 8.55. The number of fused-ring (bicyclic) bond motifs is 1. The summed E-state index contributed by atoms with van der Waals surface area (Å²) in [4.78, 5) is 14.7. The van der Waals surface area contributed by atoms with Crippen molar-refractivity contribution in [3.05, 3.63) is 11.6 Å². The number of nitrogens with zero attached hydrogens (tertiary/aromatic N) is 4. The number of aromatic nitrogens is 3. The first kappa shape index (κ1) is 15.5. The molecule has 0 aliphatic carbocycles. The first-order chi connectivity index (χ1) is 10.6. The molecular formula is C16H27N5O. The van der Waals surface area contributed by atoms with Gasteiger partial charge in [-0.25, -0.2) is 0 Å². The standard InChI is InChI=1S/C16H27N5O/c1-4-20-10-14-18-19-15(12-5-7-17-8-6-12)21(14)13(16(20)22)9-11(2)3/h11-13,17H,4-10H2,1-3H3/t13-/m0/s1. The van der Waals surface area contributed by atoms with Gasteiger partial charge in [0.1, 0.15) is 11.9 Å². The van der Waals surface area contributed by atoms with E-state index in [0.29, 0.717) is 18.4 Å². The van der Waals surface area contributed by atoms with Gasteiger partial charge in [-0.3, -0.25) is 4.79 Å². The molecule has 6 nitrogen and oxygen atoms in total. The number of nitrogens with one attached hydrogen (secondary N) is 1. The average Bonchev–Trinajstić information content (AvgIpc) is 2.94. The molecule has 0 unspecified atom stereocenters. The third-order valence-corrected chi connectivity index (χ3v) is 4.81. The Bertz CT molecular complexity index is 533. The number of hydrogen-bond donors (Lipinski definition) is 1. The maximum absolute atomic E-state index is 12.8. The summed E-state index contributed by atoms with van der Waals surface area (Å²) in [5, 5.41) is 12.3. The van der Waals surface area contributed by atoms with Crippen molar-refractivity contribution in [3.8, 4) is 0 Å². The molecule has 3 heterocycles. The SMILES string of the molecule is CCN1Cc2nnc(C3CCNCC3)n2[C@@H](CC(C)C)C1=O. The van der Waals surface area contributed by atoms with E-state index in [2.05, 4.69) is 33.9 Å². The van der Waals surface area contributed by atoms with E-state index in [1.54, 1.807) is 0 Å². The minimum Gasteiger partial charge on any atom is -0.334 e. The Kier molecular flexibility index (Phi) is 4.47. The molecule has 22 heavy (non-hydrogen) atoms. The number of carbonyl (C=O) groups excluding carboxylic acids is 1. The molecule has 2 aliphatic heterocycles. The fourth-order valence-corrected chi connectivity index (χ4v) is 3.63. The van der Waals surface area contributed by atoms with Crippen LogP contribution >= 0.6 is 0 Å². The Hall–Kier alpha value is -1.43. The highest BCUT2D eigenvalue weighted by Gasteiger charge is 2.37. The van der Waals surface area contributed by atoms with Crippen molar-refractivity contribution in [2.24, 2.45) is 5.92 Å². The second-order valence-corrected chi connectivity index (χ2v) is 6.87. The van der Waals surface area contributed by atoms with Gasteiger partial charge >= 0.3 is 0 Å². The van der Waals surface area contributed by atoms with Gasteiger partial charge in [-0.15, -0.1) is 10.2 Å². The molecule has 1 fully saturated rings. The number of piperidine rings is 1. The number of rotatable bonds is 4. The van der Waals surface area contributed by atoms with E-state index in [1.165, 1.54) is 0 Å². The maximum atomic E-state index is 12.8. The van der Waals surface area contributed by atoms with Crippen LogP contribution in [0.1, 0.15) is 63.6 Å². The molecule has 0 saturated carbocycles. The molecule has 1 amide bonds. The average molecular weight is 305 g/mol. The van der Waals surface area contributed by atoms with E-state index >= 15 is 0 Å². The van der Waals surface area contributed by atoms with Crippen molar-refractivity contribution < 1.29 is 4.79 Å². The summed E-state index contributed by atoms with van der Waals surface area (Å²) >= 11 is 0. The third-order valence-electron chi connectivity index (χ3n) is 4.81. The van der Waals surface area contributed by atoms with Crippen LogP contribution in [0.4, 0.5) is 0 Å². The zero-order valence-electron chi connectivity index (χ0n) is 13.9. The zero-order valence-corrected chi connectivity index (χ0v) is 13.9. The highest BCUT2D eigenvalue weighted by molar-refractivity contribution is 5.81. The largest absolute Gasteiger partial charge is 0.334 e. The van der Waals surface area contributed by atoms with Crippen molar-refractivity contribution in [1.82, 2.24) is 25.0 Å². The Labute approximate surface area is 132 Å². The molecule has 0 radical (unpaired) electrons. The van der Waals surface area contributed by atoms with Crippen LogP contribution in [0.5, 0.6) is 0 Å². The number of carbonyl (C=O) groups is 1. The summed E-state index contributed by atoms with van der Waals surface area (Å²) in [6.45, 7) is 9.77. The fraction of sp³-hybridized carbons (Fsp3) is 0.812. The molecule has 0 spiro atoms. The number of likely N-dealkylation sites (N-methyl/N-ethyl adjacent to an activating group) is 1. The van der Waals surface area contributed by atoms with Crippen LogP contribution in [0.15, 0.2) is 0 Å². The maximum Gasteiger partial charge on any atom is 0.246 e. The van der Waals surface area contributed by atoms with Crippen molar-refractivity contribution >= 4 is 5.91 Å². The topological polar surface area (TPSA) is 63.1 Å². The molecule has 0 aromatic carbocycles. The quantitative estimate of drug-likeness (QED) is 0.919. The van der Waals surface area contributed by atoms with Crippen LogP contribution in [0.3, 0.4) is 0 Å². The second kappa shape index (κ2) is 6.36. The third kappa shape index (κ3) is 2.76. The van der Waals surface area contributed by atoms with E-state index in [-0.39, 0.29) is 11.9 Å². The molecule has 2 aliphatic rings. The highest BCUT2D eigenvalue weighted by atomic mass is 16.2. The molecule has 1 aromatic heterocycles. The minimum absolute atomic E-state index is 0.122. The lowest BCUT2D eigenvalue weighted by Gasteiger charge is -2.35. The molecule has 1 N–H and O–H groups in total. The lowest BCUT2D eigenvalue weighted by atomic mass is 9.95. The molecule has 1 saturated heterocycles. The van der Waals surface area contributed by atoms with Gasteiger partial charge in [-0.1, -0.05) is 13.8 Å². The monoisotopic (exact) mass is 305 g/mol. The van der Waals surface area contributed by atoms with Crippen LogP contribution in [-0.4, -0.2) is 45.2 Å². The van der Waals surface area contributed by atoms with Gasteiger partial charge in [0.2, 0.25) is 5.91 Å². The molecular weight excluding hydrogens is 278 g/mol. The van der Waals surface area contributed by atoms with Crippen molar-refractivity contribution in [2.45, 2.75) is 58.5 Å².